The van der Waals surface area contributed by atoms with E-state index in [4.69, 9.17) is 9.84 Å². The van der Waals surface area contributed by atoms with Crippen molar-refractivity contribution in [2.24, 2.45) is 0 Å². The number of rotatable bonds is 6. The van der Waals surface area contributed by atoms with Gasteiger partial charge < -0.3 is 9.84 Å². The minimum atomic E-state index is -3.76. The number of benzene rings is 1. The highest BCUT2D eigenvalue weighted by Crippen LogP contribution is 2.18. The van der Waals surface area contributed by atoms with Gasteiger partial charge in [-0.3, -0.25) is 4.72 Å². The number of carbonyl (C=O) groups is 1. The molecule has 0 saturated heterocycles. The van der Waals surface area contributed by atoms with E-state index >= 15 is 0 Å². The molecule has 110 valence electrons. The molecular formula is C12H11N3O5S. The maximum Gasteiger partial charge on any atom is 0.341 e. The molecule has 9 heteroatoms. The summed E-state index contributed by atoms with van der Waals surface area (Å²) in [5.74, 6) is -0.850. The van der Waals surface area contributed by atoms with Gasteiger partial charge in [-0.1, -0.05) is 0 Å². The van der Waals surface area contributed by atoms with Gasteiger partial charge >= 0.3 is 5.97 Å². The van der Waals surface area contributed by atoms with Crippen molar-refractivity contribution in [2.75, 3.05) is 11.3 Å². The van der Waals surface area contributed by atoms with E-state index in [0.29, 0.717) is 0 Å². The predicted molar refractivity (Wildman–Crippen MR) is 72.4 cm³/mol. The van der Waals surface area contributed by atoms with Crippen molar-refractivity contribution >= 4 is 21.7 Å². The summed E-state index contributed by atoms with van der Waals surface area (Å²) in [4.78, 5) is 17.8. The third-order valence-corrected chi connectivity index (χ3v) is 3.71. The van der Waals surface area contributed by atoms with Crippen molar-refractivity contribution in [3.63, 3.8) is 0 Å². The third-order valence-electron chi connectivity index (χ3n) is 2.31. The Morgan fingerprint density at radius 3 is 2.38 bits per heavy atom. The van der Waals surface area contributed by atoms with Crippen molar-refractivity contribution in [1.29, 1.82) is 0 Å². The van der Waals surface area contributed by atoms with Crippen molar-refractivity contribution in [2.45, 2.75) is 4.90 Å². The molecule has 0 atom stereocenters. The summed E-state index contributed by atoms with van der Waals surface area (Å²) in [6, 6.07) is 5.37. The van der Waals surface area contributed by atoms with Crippen LogP contribution in [0.5, 0.6) is 5.75 Å². The van der Waals surface area contributed by atoms with Crippen LogP contribution in [0.15, 0.2) is 47.9 Å². The standard InChI is InChI=1S/C12H11N3O5S/c16-12(17)7-20-10-1-3-11(4-2-10)21(18,19)15-9-5-13-8-14-6-9/h1-6,8,15H,7H2,(H,16,17). The second kappa shape index (κ2) is 6.18. The van der Waals surface area contributed by atoms with Gasteiger partial charge in [0.2, 0.25) is 0 Å². The van der Waals surface area contributed by atoms with Crippen LogP contribution in [0.2, 0.25) is 0 Å². The summed E-state index contributed by atoms with van der Waals surface area (Å²) >= 11 is 0. The van der Waals surface area contributed by atoms with Crippen LogP contribution in [-0.2, 0) is 14.8 Å². The zero-order valence-electron chi connectivity index (χ0n) is 10.6. The molecule has 2 rings (SSSR count). The van der Waals surface area contributed by atoms with Crippen LogP contribution in [-0.4, -0.2) is 36.1 Å². The van der Waals surface area contributed by atoms with Crippen molar-refractivity contribution in [3.8, 4) is 5.75 Å². The number of nitrogens with zero attached hydrogens (tertiary/aromatic N) is 2. The third kappa shape index (κ3) is 4.14. The van der Waals surface area contributed by atoms with Gasteiger partial charge in [-0.15, -0.1) is 0 Å². The van der Waals surface area contributed by atoms with E-state index in [2.05, 4.69) is 14.7 Å². The lowest BCUT2D eigenvalue weighted by atomic mass is 10.3. The Kier molecular flexibility index (Phi) is 4.33. The first-order valence-corrected chi connectivity index (χ1v) is 7.18. The first-order valence-electron chi connectivity index (χ1n) is 5.70. The fourth-order valence-corrected chi connectivity index (χ4v) is 2.45. The highest BCUT2D eigenvalue weighted by atomic mass is 32.2. The summed E-state index contributed by atoms with van der Waals surface area (Å²) in [6.45, 7) is -0.494. The van der Waals surface area contributed by atoms with Crippen LogP contribution in [0.25, 0.3) is 0 Å². The van der Waals surface area contributed by atoms with Crippen LogP contribution in [0.4, 0.5) is 5.69 Å². The summed E-state index contributed by atoms with van der Waals surface area (Å²) in [6.07, 6.45) is 3.94. The van der Waals surface area contributed by atoms with Gasteiger partial charge in [0.1, 0.15) is 12.1 Å². The molecule has 1 aromatic heterocycles. The van der Waals surface area contributed by atoms with Crippen LogP contribution in [0, 0.1) is 0 Å². The molecule has 0 radical (unpaired) electrons. The van der Waals surface area contributed by atoms with Gasteiger partial charge in [-0.2, -0.15) is 0 Å². The van der Waals surface area contributed by atoms with Gasteiger partial charge in [0.25, 0.3) is 10.0 Å². The molecule has 0 spiro atoms. The zero-order chi connectivity index (χ0) is 15.3. The molecule has 0 saturated carbocycles. The van der Waals surface area contributed by atoms with Crippen LogP contribution in [0.3, 0.4) is 0 Å². The molecular weight excluding hydrogens is 298 g/mol. The first kappa shape index (κ1) is 14.7. The smallest absolute Gasteiger partial charge is 0.341 e. The number of sulfonamides is 1. The number of aliphatic carboxylic acids is 1. The van der Waals surface area contributed by atoms with E-state index < -0.39 is 22.6 Å². The van der Waals surface area contributed by atoms with Gasteiger partial charge in [0.15, 0.2) is 6.61 Å². The maximum atomic E-state index is 12.1. The van der Waals surface area contributed by atoms with Gasteiger partial charge in [0, 0.05) is 0 Å². The molecule has 0 unspecified atom stereocenters. The Balaban J connectivity index is 2.12. The summed E-state index contributed by atoms with van der Waals surface area (Å²) in [7, 11) is -3.76. The molecule has 8 nitrogen and oxygen atoms in total. The van der Waals surface area contributed by atoms with E-state index in [0.717, 1.165) is 0 Å². The molecule has 1 heterocycles. The monoisotopic (exact) mass is 309 g/mol. The first-order chi connectivity index (χ1) is 9.97. The van der Waals surface area contributed by atoms with Crippen LogP contribution < -0.4 is 9.46 Å². The number of anilines is 1. The molecule has 0 aliphatic rings. The maximum absolute atomic E-state index is 12.1. The number of carboxylic acids is 1. The summed E-state index contributed by atoms with van der Waals surface area (Å²) in [5.41, 5.74) is 0.240. The predicted octanol–water partition coefficient (Wildman–Crippen LogP) is 0.741. The Morgan fingerprint density at radius 2 is 1.81 bits per heavy atom. The van der Waals surface area contributed by atoms with Crippen molar-refractivity contribution in [3.05, 3.63) is 43.0 Å². The minimum absolute atomic E-state index is 0.00836. The molecule has 2 aromatic rings. The number of hydrogen-bond acceptors (Lipinski definition) is 6. The number of nitrogens with one attached hydrogen (secondary N) is 1. The molecule has 0 fully saturated rings. The van der Waals surface area contributed by atoms with E-state index in [-0.39, 0.29) is 16.3 Å². The van der Waals surface area contributed by atoms with E-state index in [1.54, 1.807) is 0 Å². The SMILES string of the molecule is O=C(O)COc1ccc(S(=O)(=O)Nc2cncnc2)cc1. The largest absolute Gasteiger partial charge is 0.482 e. The highest BCUT2D eigenvalue weighted by Gasteiger charge is 2.14. The highest BCUT2D eigenvalue weighted by molar-refractivity contribution is 7.92. The molecule has 0 bridgehead atoms. The average Bonchev–Trinajstić information content (AvgIpc) is 2.46. The minimum Gasteiger partial charge on any atom is -0.482 e. The Bertz CT molecular complexity index is 716. The second-order valence-electron chi connectivity index (χ2n) is 3.89. The molecule has 0 aliphatic carbocycles. The molecule has 0 amide bonds. The Morgan fingerprint density at radius 1 is 1.19 bits per heavy atom. The topological polar surface area (TPSA) is 118 Å². The van der Waals surface area contributed by atoms with Crippen molar-refractivity contribution < 1.29 is 23.1 Å². The lowest BCUT2D eigenvalue weighted by Gasteiger charge is -2.08. The zero-order valence-corrected chi connectivity index (χ0v) is 11.4. The van der Waals surface area contributed by atoms with Gasteiger partial charge in [-0.05, 0) is 24.3 Å². The van der Waals surface area contributed by atoms with Crippen LogP contribution in [0.1, 0.15) is 0 Å². The molecule has 1 aromatic carbocycles. The van der Waals surface area contributed by atoms with Crippen molar-refractivity contribution in [1.82, 2.24) is 9.97 Å². The summed E-state index contributed by atoms with van der Waals surface area (Å²) in [5, 5.41) is 8.48. The number of aromatic nitrogens is 2. The van der Waals surface area contributed by atoms with E-state index in [1.165, 1.54) is 43.0 Å². The fourth-order valence-electron chi connectivity index (χ4n) is 1.43. The molecule has 2 N–H and O–H groups in total. The summed E-state index contributed by atoms with van der Waals surface area (Å²) < 4.78 is 31.4. The van der Waals surface area contributed by atoms with Crippen LogP contribution >= 0.6 is 0 Å². The Labute approximate surface area is 120 Å². The molecule has 0 aliphatic heterocycles. The Hall–Kier alpha value is -2.68. The lowest BCUT2D eigenvalue weighted by Crippen LogP contribution is -2.13. The quantitative estimate of drug-likeness (QED) is 0.807. The van der Waals surface area contributed by atoms with E-state index in [1.807, 2.05) is 0 Å². The van der Waals surface area contributed by atoms with Gasteiger partial charge in [0.05, 0.1) is 23.0 Å². The number of hydrogen-bond donors (Lipinski definition) is 2. The fraction of sp³-hybridized carbons (Fsp3) is 0.0833. The van der Waals surface area contributed by atoms with Gasteiger partial charge in [-0.25, -0.2) is 23.2 Å². The normalized spacial score (nSPS) is 10.9. The average molecular weight is 309 g/mol. The van der Waals surface area contributed by atoms with E-state index in [9.17, 15) is 13.2 Å². The molecule has 21 heavy (non-hydrogen) atoms. The number of carboxylic acid groups (broad SMARTS) is 1. The lowest BCUT2D eigenvalue weighted by molar-refractivity contribution is -0.139. The second-order valence-corrected chi connectivity index (χ2v) is 5.57. The number of ether oxygens (including phenoxy) is 1.